The summed E-state index contributed by atoms with van der Waals surface area (Å²) in [5, 5.41) is 10.7. The van der Waals surface area contributed by atoms with Crippen molar-refractivity contribution < 1.29 is 0 Å². The lowest BCUT2D eigenvalue weighted by Crippen LogP contribution is -1.96. The number of aryl methyl sites for hydroxylation is 2. The Labute approximate surface area is 96.3 Å². The Bertz CT molecular complexity index is 478. The van der Waals surface area contributed by atoms with Gasteiger partial charge in [0.15, 0.2) is 0 Å². The van der Waals surface area contributed by atoms with Gasteiger partial charge in [0.2, 0.25) is 0 Å². The third kappa shape index (κ3) is 2.23. The minimum Gasteiger partial charge on any atom is -0.257 e. The van der Waals surface area contributed by atoms with Crippen LogP contribution >= 0.6 is 15.9 Å². The number of H-pyrrole nitrogens is 1. The van der Waals surface area contributed by atoms with Crippen molar-refractivity contribution in [1.82, 2.24) is 20.4 Å². The average Bonchev–Trinajstić information content (AvgIpc) is 2.59. The van der Waals surface area contributed by atoms with Gasteiger partial charge in [-0.25, -0.2) is 0 Å². The van der Waals surface area contributed by atoms with E-state index in [1.54, 1.807) is 0 Å². The quantitative estimate of drug-likeness (QED) is 0.907. The predicted molar refractivity (Wildman–Crippen MR) is 60.6 cm³/mol. The minimum absolute atomic E-state index is 0.719. The van der Waals surface area contributed by atoms with Gasteiger partial charge in [0.05, 0.1) is 17.1 Å². The number of nitrogens with zero attached hydrogens (tertiary/aromatic N) is 3. The zero-order valence-corrected chi connectivity index (χ0v) is 10.2. The second-order valence-corrected chi connectivity index (χ2v) is 4.26. The molecule has 2 aromatic rings. The van der Waals surface area contributed by atoms with Crippen LogP contribution in [0.1, 0.15) is 22.8 Å². The minimum atomic E-state index is 0.719. The summed E-state index contributed by atoms with van der Waals surface area (Å²) < 4.78 is 1.03. The molecule has 0 bridgehead atoms. The monoisotopic (exact) mass is 266 g/mol. The highest BCUT2D eigenvalue weighted by Gasteiger charge is 2.06. The molecule has 0 aliphatic heterocycles. The van der Waals surface area contributed by atoms with E-state index in [1.807, 2.05) is 26.0 Å². The molecule has 0 spiro atoms. The Balaban J connectivity index is 2.25. The fraction of sp³-hybridized carbons (Fsp3) is 0.300. The number of halogens is 1. The molecular formula is C10H11BrN4. The number of rotatable bonds is 2. The van der Waals surface area contributed by atoms with E-state index in [-0.39, 0.29) is 0 Å². The smallest absolute Gasteiger partial charge is 0.0913 e. The molecular weight excluding hydrogens is 256 g/mol. The summed E-state index contributed by atoms with van der Waals surface area (Å²) in [4.78, 5) is 4.46. The summed E-state index contributed by atoms with van der Waals surface area (Å²) >= 11 is 3.43. The maximum absolute atomic E-state index is 4.46. The van der Waals surface area contributed by atoms with E-state index in [9.17, 15) is 0 Å². The second kappa shape index (κ2) is 4.10. The highest BCUT2D eigenvalue weighted by atomic mass is 79.9. The average molecular weight is 267 g/mol. The first-order valence-electron chi connectivity index (χ1n) is 4.65. The topological polar surface area (TPSA) is 54.5 Å². The fourth-order valence-electron chi connectivity index (χ4n) is 1.34. The molecule has 15 heavy (non-hydrogen) atoms. The first-order valence-corrected chi connectivity index (χ1v) is 5.44. The van der Waals surface area contributed by atoms with Crippen LogP contribution in [0.2, 0.25) is 0 Å². The van der Waals surface area contributed by atoms with E-state index in [2.05, 4.69) is 36.3 Å². The Hall–Kier alpha value is -1.23. The lowest BCUT2D eigenvalue weighted by molar-refractivity contribution is 0.903. The van der Waals surface area contributed by atoms with Gasteiger partial charge in [-0.05, 0) is 41.9 Å². The SMILES string of the molecule is Cc1nc(Cc2n[nH]nc2C)ccc1Br. The molecule has 2 heterocycles. The summed E-state index contributed by atoms with van der Waals surface area (Å²) in [6.45, 7) is 3.91. The molecule has 0 aliphatic rings. The molecule has 1 N–H and O–H groups in total. The van der Waals surface area contributed by atoms with Crippen LogP contribution in [-0.2, 0) is 6.42 Å². The van der Waals surface area contributed by atoms with Crippen molar-refractivity contribution in [3.8, 4) is 0 Å². The van der Waals surface area contributed by atoms with Crippen molar-refractivity contribution in [3.05, 3.63) is 39.4 Å². The maximum atomic E-state index is 4.46. The van der Waals surface area contributed by atoms with Gasteiger partial charge < -0.3 is 0 Å². The number of pyridine rings is 1. The lowest BCUT2D eigenvalue weighted by atomic mass is 10.2. The van der Waals surface area contributed by atoms with Crippen LogP contribution < -0.4 is 0 Å². The van der Waals surface area contributed by atoms with Crippen LogP contribution in [0.15, 0.2) is 16.6 Å². The van der Waals surface area contributed by atoms with E-state index in [4.69, 9.17) is 0 Å². The van der Waals surface area contributed by atoms with Gasteiger partial charge in [-0.15, -0.1) is 0 Å². The molecule has 2 rings (SSSR count). The lowest BCUT2D eigenvalue weighted by Gasteiger charge is -2.01. The first-order chi connectivity index (χ1) is 7.16. The molecule has 0 aromatic carbocycles. The highest BCUT2D eigenvalue weighted by molar-refractivity contribution is 9.10. The molecule has 0 amide bonds. The molecule has 2 aromatic heterocycles. The summed E-state index contributed by atoms with van der Waals surface area (Å²) in [5.74, 6) is 0. The third-order valence-corrected chi connectivity index (χ3v) is 3.09. The molecule has 4 nitrogen and oxygen atoms in total. The van der Waals surface area contributed by atoms with Gasteiger partial charge >= 0.3 is 0 Å². The molecule has 0 unspecified atom stereocenters. The van der Waals surface area contributed by atoms with Gasteiger partial charge in [0.25, 0.3) is 0 Å². The summed E-state index contributed by atoms with van der Waals surface area (Å²) in [6.07, 6.45) is 0.719. The first kappa shape index (κ1) is 10.3. The zero-order valence-electron chi connectivity index (χ0n) is 8.58. The van der Waals surface area contributed by atoms with E-state index in [1.165, 1.54) is 0 Å². The van der Waals surface area contributed by atoms with Gasteiger partial charge in [-0.2, -0.15) is 15.4 Å². The molecule has 0 atom stereocenters. The van der Waals surface area contributed by atoms with Gasteiger partial charge in [-0.3, -0.25) is 4.98 Å². The predicted octanol–water partition coefficient (Wildman–Crippen LogP) is 2.17. The van der Waals surface area contributed by atoms with Gasteiger partial charge in [0, 0.05) is 16.6 Å². The number of hydrogen-bond donors (Lipinski definition) is 1. The van der Waals surface area contributed by atoms with Crippen molar-refractivity contribution >= 4 is 15.9 Å². The molecule has 0 fully saturated rings. The molecule has 0 aliphatic carbocycles. The Morgan fingerprint density at radius 2 is 2.00 bits per heavy atom. The van der Waals surface area contributed by atoms with E-state index >= 15 is 0 Å². The number of hydrogen-bond acceptors (Lipinski definition) is 3. The van der Waals surface area contributed by atoms with Crippen molar-refractivity contribution in [3.63, 3.8) is 0 Å². The molecule has 0 radical (unpaired) electrons. The molecule has 78 valence electrons. The zero-order chi connectivity index (χ0) is 10.8. The maximum Gasteiger partial charge on any atom is 0.0913 e. The van der Waals surface area contributed by atoms with Crippen LogP contribution in [-0.4, -0.2) is 20.4 Å². The summed E-state index contributed by atoms with van der Waals surface area (Å²) in [6, 6.07) is 4.00. The van der Waals surface area contributed by atoms with Crippen LogP contribution in [0.25, 0.3) is 0 Å². The van der Waals surface area contributed by atoms with Crippen molar-refractivity contribution in [2.24, 2.45) is 0 Å². The largest absolute Gasteiger partial charge is 0.257 e. The highest BCUT2D eigenvalue weighted by Crippen LogP contribution is 2.15. The summed E-state index contributed by atoms with van der Waals surface area (Å²) in [5.41, 5.74) is 3.88. The van der Waals surface area contributed by atoms with Crippen LogP contribution in [0.5, 0.6) is 0 Å². The molecule has 5 heteroatoms. The molecule has 0 saturated heterocycles. The van der Waals surface area contributed by atoms with Crippen LogP contribution in [0.4, 0.5) is 0 Å². The third-order valence-electron chi connectivity index (χ3n) is 2.25. The Morgan fingerprint density at radius 3 is 2.60 bits per heavy atom. The van der Waals surface area contributed by atoms with E-state index in [0.717, 1.165) is 33.7 Å². The number of nitrogens with one attached hydrogen (secondary N) is 1. The van der Waals surface area contributed by atoms with E-state index < -0.39 is 0 Å². The van der Waals surface area contributed by atoms with E-state index in [0.29, 0.717) is 0 Å². The van der Waals surface area contributed by atoms with Gasteiger partial charge in [0.1, 0.15) is 0 Å². The summed E-state index contributed by atoms with van der Waals surface area (Å²) in [7, 11) is 0. The second-order valence-electron chi connectivity index (χ2n) is 3.40. The van der Waals surface area contributed by atoms with Crippen LogP contribution in [0.3, 0.4) is 0 Å². The Kier molecular flexibility index (Phi) is 2.81. The number of aromatic amines is 1. The van der Waals surface area contributed by atoms with Crippen LogP contribution in [0, 0.1) is 13.8 Å². The molecule has 0 saturated carbocycles. The van der Waals surface area contributed by atoms with Crippen molar-refractivity contribution in [1.29, 1.82) is 0 Å². The van der Waals surface area contributed by atoms with Crippen molar-refractivity contribution in [2.45, 2.75) is 20.3 Å². The standard InChI is InChI=1S/C10H11BrN4/c1-6-9(11)4-3-8(12-6)5-10-7(2)13-15-14-10/h3-4H,5H2,1-2H3,(H,13,14,15). The van der Waals surface area contributed by atoms with Crippen molar-refractivity contribution in [2.75, 3.05) is 0 Å². The van der Waals surface area contributed by atoms with Gasteiger partial charge in [-0.1, -0.05) is 0 Å². The Morgan fingerprint density at radius 1 is 1.20 bits per heavy atom. The normalized spacial score (nSPS) is 10.6. The number of aromatic nitrogens is 4. The fourth-order valence-corrected chi connectivity index (χ4v) is 1.56.